The third-order valence-corrected chi connectivity index (χ3v) is 4.88. The molecule has 1 N–H and O–H groups in total. The van der Waals surface area contributed by atoms with E-state index in [1.54, 1.807) is 31.3 Å². The van der Waals surface area contributed by atoms with E-state index in [-0.39, 0.29) is 35.8 Å². The van der Waals surface area contributed by atoms with Crippen LogP contribution in [0.25, 0.3) is 5.57 Å². The Morgan fingerprint density at radius 3 is 2.58 bits per heavy atom. The van der Waals surface area contributed by atoms with Crippen LogP contribution in [0.1, 0.15) is 18.4 Å². The van der Waals surface area contributed by atoms with Crippen LogP contribution in [0, 0.1) is 0 Å². The van der Waals surface area contributed by atoms with E-state index in [1.807, 2.05) is 0 Å². The molecule has 2 heterocycles. The van der Waals surface area contributed by atoms with E-state index in [9.17, 15) is 19.2 Å². The van der Waals surface area contributed by atoms with Crippen LogP contribution in [-0.4, -0.2) is 46.6 Å². The Morgan fingerprint density at radius 1 is 1.17 bits per heavy atom. The summed E-state index contributed by atoms with van der Waals surface area (Å²) in [5.41, 5.74) is 1.55. The minimum absolute atomic E-state index is 0.0272. The van der Waals surface area contributed by atoms with E-state index in [2.05, 4.69) is 0 Å². The number of thioether (sulfide) groups is 1. The van der Waals surface area contributed by atoms with Crippen LogP contribution in [0.4, 0.5) is 10.5 Å². The number of imide groups is 1. The number of fused-ring (bicyclic) bond motifs is 1. The first-order chi connectivity index (χ1) is 11.4. The van der Waals surface area contributed by atoms with Crippen molar-refractivity contribution in [2.45, 2.75) is 12.8 Å². The number of para-hydroxylation sites is 1. The van der Waals surface area contributed by atoms with Crippen molar-refractivity contribution in [1.82, 2.24) is 4.90 Å². The average Bonchev–Trinajstić information content (AvgIpc) is 2.96. The van der Waals surface area contributed by atoms with Gasteiger partial charge >= 0.3 is 5.97 Å². The van der Waals surface area contributed by atoms with E-state index < -0.39 is 17.1 Å². The van der Waals surface area contributed by atoms with Crippen LogP contribution in [0.5, 0.6) is 0 Å². The molecular formula is C16H14N2O5S. The Balaban J connectivity index is 1.94. The molecule has 2 aliphatic heterocycles. The minimum Gasteiger partial charge on any atom is -0.481 e. The second kappa shape index (κ2) is 6.12. The third-order valence-electron chi connectivity index (χ3n) is 3.90. The molecule has 0 saturated carbocycles. The molecule has 0 bridgehead atoms. The van der Waals surface area contributed by atoms with Gasteiger partial charge < -0.3 is 10.0 Å². The van der Waals surface area contributed by atoms with Crippen LogP contribution in [0.3, 0.4) is 0 Å². The number of benzene rings is 1. The molecule has 0 unspecified atom stereocenters. The molecule has 0 aromatic heterocycles. The zero-order valence-electron chi connectivity index (χ0n) is 12.8. The largest absolute Gasteiger partial charge is 0.481 e. The molecule has 3 amide bonds. The normalized spacial score (nSPS) is 20.1. The topological polar surface area (TPSA) is 95.0 Å². The van der Waals surface area contributed by atoms with Gasteiger partial charge in [-0.15, -0.1) is 0 Å². The second-order valence-electron chi connectivity index (χ2n) is 5.41. The number of amides is 3. The van der Waals surface area contributed by atoms with E-state index in [1.165, 1.54) is 4.90 Å². The number of carboxylic acids is 1. The summed E-state index contributed by atoms with van der Waals surface area (Å²) >= 11 is 0.729. The predicted molar refractivity (Wildman–Crippen MR) is 88.3 cm³/mol. The fraction of sp³-hybridized carbons (Fsp3) is 0.250. The Morgan fingerprint density at radius 2 is 1.88 bits per heavy atom. The van der Waals surface area contributed by atoms with Gasteiger partial charge in [0, 0.05) is 25.6 Å². The van der Waals surface area contributed by atoms with Crippen LogP contribution >= 0.6 is 11.8 Å². The maximum atomic E-state index is 12.5. The van der Waals surface area contributed by atoms with Crippen molar-refractivity contribution in [3.05, 3.63) is 34.7 Å². The summed E-state index contributed by atoms with van der Waals surface area (Å²) in [5, 5.41) is 8.18. The number of aliphatic carboxylic acids is 1. The third kappa shape index (κ3) is 2.58. The number of rotatable bonds is 4. The van der Waals surface area contributed by atoms with Crippen LogP contribution < -0.4 is 4.90 Å². The number of hydrogen-bond donors (Lipinski definition) is 1. The van der Waals surface area contributed by atoms with Gasteiger partial charge in [-0.1, -0.05) is 18.2 Å². The molecule has 2 aliphatic rings. The van der Waals surface area contributed by atoms with Gasteiger partial charge in [0.1, 0.15) is 0 Å². The number of carboxylic acid groups (broad SMARTS) is 1. The van der Waals surface area contributed by atoms with Gasteiger partial charge in [-0.25, -0.2) is 0 Å². The summed E-state index contributed by atoms with van der Waals surface area (Å²) in [5.74, 6) is -1.85. The highest BCUT2D eigenvalue weighted by molar-refractivity contribution is 8.18. The quantitative estimate of drug-likeness (QED) is 0.837. The summed E-state index contributed by atoms with van der Waals surface area (Å²) in [7, 11) is 1.62. The Hall–Kier alpha value is -2.61. The average molecular weight is 346 g/mol. The molecule has 1 aromatic carbocycles. The summed E-state index contributed by atoms with van der Waals surface area (Å²) in [6.07, 6.45) is 0.0541. The van der Waals surface area contributed by atoms with Gasteiger partial charge in [0.2, 0.25) is 0 Å². The SMILES string of the molecule is CN1C(=O)/C(=C2\SC(=O)N(CCCC(=O)O)C2=O)c2ccccc21. The highest BCUT2D eigenvalue weighted by Gasteiger charge is 2.42. The fourth-order valence-corrected chi connectivity index (χ4v) is 3.68. The van der Waals surface area contributed by atoms with Crippen LogP contribution in [0.2, 0.25) is 0 Å². The molecule has 124 valence electrons. The summed E-state index contributed by atoms with van der Waals surface area (Å²) < 4.78 is 0. The molecule has 7 nitrogen and oxygen atoms in total. The van der Waals surface area contributed by atoms with Crippen molar-refractivity contribution >= 4 is 46.0 Å². The van der Waals surface area contributed by atoms with Gasteiger partial charge in [-0.3, -0.25) is 24.1 Å². The number of nitrogens with zero attached hydrogens (tertiary/aromatic N) is 2. The predicted octanol–water partition coefficient (Wildman–Crippen LogP) is 1.93. The maximum absolute atomic E-state index is 12.5. The Kier molecular flexibility index (Phi) is 4.15. The van der Waals surface area contributed by atoms with Crippen LogP contribution in [0.15, 0.2) is 29.2 Å². The van der Waals surface area contributed by atoms with Crippen LogP contribution in [-0.2, 0) is 14.4 Å². The second-order valence-corrected chi connectivity index (χ2v) is 6.37. The van der Waals surface area contributed by atoms with Crippen molar-refractivity contribution in [3.63, 3.8) is 0 Å². The van der Waals surface area contributed by atoms with Crippen molar-refractivity contribution in [1.29, 1.82) is 0 Å². The molecule has 0 radical (unpaired) electrons. The molecule has 1 aromatic rings. The summed E-state index contributed by atoms with van der Waals surface area (Å²) in [6.45, 7) is 0.0272. The number of anilines is 1. The summed E-state index contributed by atoms with van der Waals surface area (Å²) in [6, 6.07) is 7.08. The lowest BCUT2D eigenvalue weighted by Crippen LogP contribution is -2.30. The zero-order valence-corrected chi connectivity index (χ0v) is 13.6. The molecular weight excluding hydrogens is 332 g/mol. The Bertz CT molecular complexity index is 801. The van der Waals surface area contributed by atoms with Crippen molar-refractivity contribution in [3.8, 4) is 0 Å². The number of hydrogen-bond acceptors (Lipinski definition) is 5. The minimum atomic E-state index is -0.984. The standard InChI is InChI=1S/C16H14N2O5S/c1-17-10-6-3-2-5-9(10)12(14(17)21)13-15(22)18(16(23)24-13)8-4-7-11(19)20/h2-3,5-6H,4,7-8H2,1H3,(H,19,20)/b13-12-. The number of carbonyl (C=O) groups excluding carboxylic acids is 3. The van der Waals surface area contributed by atoms with E-state index in [4.69, 9.17) is 5.11 Å². The highest BCUT2D eigenvalue weighted by atomic mass is 32.2. The lowest BCUT2D eigenvalue weighted by Gasteiger charge is -2.11. The van der Waals surface area contributed by atoms with E-state index in [0.29, 0.717) is 11.3 Å². The number of likely N-dealkylation sites (N-methyl/N-ethyl adjacent to an activating group) is 1. The number of carbonyl (C=O) groups is 4. The molecule has 0 spiro atoms. The van der Waals surface area contributed by atoms with Crippen molar-refractivity contribution in [2.75, 3.05) is 18.5 Å². The lowest BCUT2D eigenvalue weighted by molar-refractivity contribution is -0.137. The lowest BCUT2D eigenvalue weighted by atomic mass is 10.1. The molecule has 1 fully saturated rings. The van der Waals surface area contributed by atoms with Gasteiger partial charge in [0.15, 0.2) is 0 Å². The smallest absolute Gasteiger partial charge is 0.303 e. The molecule has 8 heteroatoms. The van der Waals surface area contributed by atoms with Crippen molar-refractivity contribution < 1.29 is 24.3 Å². The van der Waals surface area contributed by atoms with Gasteiger partial charge in [-0.05, 0) is 24.2 Å². The van der Waals surface area contributed by atoms with Gasteiger partial charge in [0.25, 0.3) is 17.1 Å². The van der Waals surface area contributed by atoms with Gasteiger partial charge in [-0.2, -0.15) is 0 Å². The molecule has 0 atom stereocenters. The maximum Gasteiger partial charge on any atom is 0.303 e. The molecule has 3 rings (SSSR count). The molecule has 24 heavy (non-hydrogen) atoms. The fourth-order valence-electron chi connectivity index (χ4n) is 2.72. The Labute approximate surface area is 141 Å². The summed E-state index contributed by atoms with van der Waals surface area (Å²) in [4.78, 5) is 50.3. The monoisotopic (exact) mass is 346 g/mol. The molecule has 1 saturated heterocycles. The molecule has 0 aliphatic carbocycles. The first-order valence-corrected chi connectivity index (χ1v) is 8.10. The van der Waals surface area contributed by atoms with Gasteiger partial charge in [0.05, 0.1) is 16.2 Å². The first-order valence-electron chi connectivity index (χ1n) is 7.29. The van der Waals surface area contributed by atoms with E-state index >= 15 is 0 Å². The zero-order chi connectivity index (χ0) is 17.4. The highest BCUT2D eigenvalue weighted by Crippen LogP contribution is 2.43. The first kappa shape index (κ1) is 16.3. The van der Waals surface area contributed by atoms with Crippen molar-refractivity contribution in [2.24, 2.45) is 0 Å². The van der Waals surface area contributed by atoms with E-state index in [0.717, 1.165) is 16.7 Å².